The molecule has 64 valence electrons. The molecule has 11 heavy (non-hydrogen) atoms. The van der Waals surface area contributed by atoms with Crippen molar-refractivity contribution in [3.05, 3.63) is 0 Å². The fraction of sp³-hybridized carbons (Fsp3) is 0.889. The first-order valence-electron chi connectivity index (χ1n) is 4.35. The summed E-state index contributed by atoms with van der Waals surface area (Å²) in [4.78, 5) is 4.62. The molecule has 0 radical (unpaired) electrons. The molecule has 1 rings (SSSR count). The molecule has 0 bridgehead atoms. The van der Waals surface area contributed by atoms with E-state index in [-0.39, 0.29) is 5.66 Å². The lowest BCUT2D eigenvalue weighted by Gasteiger charge is -2.29. The van der Waals surface area contributed by atoms with E-state index in [1.165, 1.54) is 5.71 Å². The van der Waals surface area contributed by atoms with E-state index in [0.29, 0.717) is 5.92 Å². The average molecular weight is 154 g/mol. The smallest absolute Gasteiger partial charge is 0.104 e. The van der Waals surface area contributed by atoms with E-state index in [1.807, 2.05) is 0 Å². The van der Waals surface area contributed by atoms with Gasteiger partial charge in [-0.15, -0.1) is 0 Å². The third-order valence-electron chi connectivity index (χ3n) is 2.03. The Hall–Kier alpha value is -0.370. The highest BCUT2D eigenvalue weighted by atomic mass is 15.1. The summed E-state index contributed by atoms with van der Waals surface area (Å²) in [7, 11) is 0. The van der Waals surface area contributed by atoms with E-state index in [2.05, 4.69) is 38.0 Å². The van der Waals surface area contributed by atoms with Crippen LogP contribution in [0, 0.1) is 5.92 Å². The molecule has 1 heterocycles. The minimum Gasteiger partial charge on any atom is -0.293 e. The van der Waals surface area contributed by atoms with Crippen molar-refractivity contribution in [2.24, 2.45) is 10.9 Å². The Bertz CT molecular complexity index is 168. The zero-order chi connectivity index (χ0) is 8.48. The molecular formula is C9H18N2. The first-order chi connectivity index (χ1) is 5.01. The SMILES string of the molecule is CC(C)C1=NC(C)(C)NCC1. The van der Waals surface area contributed by atoms with Gasteiger partial charge < -0.3 is 0 Å². The number of rotatable bonds is 1. The molecular weight excluding hydrogens is 136 g/mol. The molecule has 0 aromatic carbocycles. The summed E-state index contributed by atoms with van der Waals surface area (Å²) in [6, 6.07) is 0. The lowest BCUT2D eigenvalue weighted by Crippen LogP contribution is -2.44. The van der Waals surface area contributed by atoms with E-state index in [1.54, 1.807) is 0 Å². The van der Waals surface area contributed by atoms with Crippen molar-refractivity contribution in [1.29, 1.82) is 0 Å². The predicted molar refractivity (Wildman–Crippen MR) is 49.0 cm³/mol. The molecule has 0 unspecified atom stereocenters. The first-order valence-corrected chi connectivity index (χ1v) is 4.35. The summed E-state index contributed by atoms with van der Waals surface area (Å²) in [6.45, 7) is 9.73. The second-order valence-electron chi connectivity index (χ2n) is 3.99. The third-order valence-corrected chi connectivity index (χ3v) is 2.03. The Labute approximate surface area is 69.1 Å². The van der Waals surface area contributed by atoms with Crippen molar-refractivity contribution < 1.29 is 0 Å². The van der Waals surface area contributed by atoms with Crippen molar-refractivity contribution in [3.8, 4) is 0 Å². The molecule has 0 aliphatic carbocycles. The second kappa shape index (κ2) is 2.94. The van der Waals surface area contributed by atoms with Gasteiger partial charge in [0, 0.05) is 12.3 Å². The molecule has 0 spiro atoms. The van der Waals surface area contributed by atoms with Gasteiger partial charge in [-0.05, 0) is 26.2 Å². The number of hydrogen-bond acceptors (Lipinski definition) is 2. The van der Waals surface area contributed by atoms with Crippen molar-refractivity contribution in [1.82, 2.24) is 5.32 Å². The van der Waals surface area contributed by atoms with Crippen LogP contribution in [0.2, 0.25) is 0 Å². The lowest BCUT2D eigenvalue weighted by molar-refractivity contribution is 0.392. The topological polar surface area (TPSA) is 24.4 Å². The summed E-state index contributed by atoms with van der Waals surface area (Å²) in [5, 5.41) is 3.36. The minimum absolute atomic E-state index is 0.0299. The van der Waals surface area contributed by atoms with Gasteiger partial charge in [-0.3, -0.25) is 10.3 Å². The van der Waals surface area contributed by atoms with Gasteiger partial charge in [0.15, 0.2) is 0 Å². The van der Waals surface area contributed by atoms with Gasteiger partial charge in [0.25, 0.3) is 0 Å². The molecule has 2 nitrogen and oxygen atoms in total. The number of hydrogen-bond donors (Lipinski definition) is 1. The number of nitrogens with one attached hydrogen (secondary N) is 1. The summed E-state index contributed by atoms with van der Waals surface area (Å²) >= 11 is 0. The van der Waals surface area contributed by atoms with Gasteiger partial charge in [-0.1, -0.05) is 13.8 Å². The van der Waals surface area contributed by atoms with E-state index >= 15 is 0 Å². The predicted octanol–water partition coefficient (Wildman–Crippen LogP) is 1.81. The van der Waals surface area contributed by atoms with Crippen LogP contribution in [0.5, 0.6) is 0 Å². The highest BCUT2D eigenvalue weighted by Crippen LogP contribution is 2.14. The van der Waals surface area contributed by atoms with Gasteiger partial charge in [0.2, 0.25) is 0 Å². The summed E-state index contributed by atoms with van der Waals surface area (Å²) in [5.41, 5.74) is 1.33. The molecule has 1 aliphatic rings. The van der Waals surface area contributed by atoms with Crippen molar-refractivity contribution in [3.63, 3.8) is 0 Å². The quantitative estimate of drug-likeness (QED) is 0.612. The fourth-order valence-electron chi connectivity index (χ4n) is 1.37. The number of nitrogens with zero attached hydrogens (tertiary/aromatic N) is 1. The monoisotopic (exact) mass is 154 g/mol. The highest BCUT2D eigenvalue weighted by Gasteiger charge is 2.21. The maximum Gasteiger partial charge on any atom is 0.104 e. The Morgan fingerprint density at radius 3 is 2.45 bits per heavy atom. The summed E-state index contributed by atoms with van der Waals surface area (Å²) in [5.74, 6) is 0.608. The average Bonchev–Trinajstić information content (AvgIpc) is 1.85. The Balaban J connectivity index is 2.73. The molecule has 0 saturated heterocycles. The molecule has 0 atom stereocenters. The largest absolute Gasteiger partial charge is 0.293 e. The highest BCUT2D eigenvalue weighted by molar-refractivity contribution is 5.87. The zero-order valence-corrected chi connectivity index (χ0v) is 7.94. The van der Waals surface area contributed by atoms with Crippen molar-refractivity contribution >= 4 is 5.71 Å². The van der Waals surface area contributed by atoms with Gasteiger partial charge in [0.05, 0.1) is 0 Å². The van der Waals surface area contributed by atoms with Gasteiger partial charge in [-0.25, -0.2) is 0 Å². The van der Waals surface area contributed by atoms with Gasteiger partial charge in [-0.2, -0.15) is 0 Å². The zero-order valence-electron chi connectivity index (χ0n) is 7.94. The van der Waals surface area contributed by atoms with E-state index in [4.69, 9.17) is 0 Å². The van der Waals surface area contributed by atoms with Crippen LogP contribution in [0.3, 0.4) is 0 Å². The standard InChI is InChI=1S/C9H18N2/c1-7(2)8-5-6-10-9(3,4)11-8/h7,10H,5-6H2,1-4H3. The Morgan fingerprint density at radius 2 is 2.09 bits per heavy atom. The van der Waals surface area contributed by atoms with Crippen LogP contribution >= 0.6 is 0 Å². The molecule has 0 saturated carbocycles. The van der Waals surface area contributed by atoms with Crippen molar-refractivity contribution in [2.45, 2.75) is 39.8 Å². The normalized spacial score (nSPS) is 23.5. The van der Waals surface area contributed by atoms with Crippen molar-refractivity contribution in [2.75, 3.05) is 6.54 Å². The van der Waals surface area contributed by atoms with Gasteiger partial charge >= 0.3 is 0 Å². The molecule has 0 amide bonds. The first kappa shape index (κ1) is 8.72. The Kier molecular flexibility index (Phi) is 2.33. The van der Waals surface area contributed by atoms with Crippen LogP contribution in [-0.2, 0) is 0 Å². The maximum absolute atomic E-state index is 4.62. The van der Waals surface area contributed by atoms with Crippen LogP contribution in [-0.4, -0.2) is 17.9 Å². The molecule has 0 aromatic heterocycles. The number of aliphatic imine (C=N–C) groups is 1. The van der Waals surface area contributed by atoms with Crippen LogP contribution in [0.4, 0.5) is 0 Å². The summed E-state index contributed by atoms with van der Waals surface area (Å²) < 4.78 is 0. The molecule has 0 fully saturated rings. The maximum atomic E-state index is 4.62. The molecule has 2 heteroatoms. The lowest BCUT2D eigenvalue weighted by atomic mass is 10.0. The van der Waals surface area contributed by atoms with Gasteiger partial charge in [0.1, 0.15) is 5.66 Å². The Morgan fingerprint density at radius 1 is 1.45 bits per heavy atom. The van der Waals surface area contributed by atoms with E-state index < -0.39 is 0 Å². The molecule has 0 aromatic rings. The van der Waals surface area contributed by atoms with E-state index in [0.717, 1.165) is 13.0 Å². The minimum atomic E-state index is -0.0299. The van der Waals surface area contributed by atoms with Crippen LogP contribution in [0.1, 0.15) is 34.1 Å². The van der Waals surface area contributed by atoms with Crippen LogP contribution in [0.25, 0.3) is 0 Å². The summed E-state index contributed by atoms with van der Waals surface area (Å²) in [6.07, 6.45) is 1.11. The second-order valence-corrected chi connectivity index (χ2v) is 3.99. The fourth-order valence-corrected chi connectivity index (χ4v) is 1.37. The van der Waals surface area contributed by atoms with E-state index in [9.17, 15) is 0 Å². The molecule has 1 N–H and O–H groups in total. The molecule has 1 aliphatic heterocycles. The third kappa shape index (κ3) is 2.29. The van der Waals surface area contributed by atoms with Crippen LogP contribution < -0.4 is 5.32 Å². The van der Waals surface area contributed by atoms with Crippen LogP contribution in [0.15, 0.2) is 4.99 Å².